The fourth-order valence-electron chi connectivity index (χ4n) is 3.16. The zero-order valence-corrected chi connectivity index (χ0v) is 17.9. The van der Waals surface area contributed by atoms with E-state index in [-0.39, 0.29) is 11.8 Å². The monoisotopic (exact) mass is 489 g/mol. The van der Waals surface area contributed by atoms with Gasteiger partial charge in [-0.2, -0.15) is 10.1 Å². The van der Waals surface area contributed by atoms with E-state index in [0.717, 1.165) is 5.56 Å². The highest BCUT2D eigenvalue weighted by molar-refractivity contribution is 9.10. The van der Waals surface area contributed by atoms with Crippen molar-refractivity contribution in [3.8, 4) is 11.4 Å². The van der Waals surface area contributed by atoms with Crippen molar-refractivity contribution in [2.45, 2.75) is 25.4 Å². The Kier molecular flexibility index (Phi) is 4.59. The van der Waals surface area contributed by atoms with Crippen LogP contribution in [-0.2, 0) is 0 Å². The van der Waals surface area contributed by atoms with Gasteiger partial charge in [0.1, 0.15) is 6.17 Å². The van der Waals surface area contributed by atoms with Crippen molar-refractivity contribution in [1.82, 2.24) is 19.8 Å². The van der Waals surface area contributed by atoms with Crippen LogP contribution in [-0.4, -0.2) is 31.8 Å². The highest BCUT2D eigenvalue weighted by Gasteiger charge is 2.43. The SMILES string of the molecule is Cc1ccc(-c2noc([C@H]3C[C@@H]3F)n2)cc1NC(=O)c1cnn2cc(Cl)c(Br)cc12. The van der Waals surface area contributed by atoms with Crippen LogP contribution in [0.1, 0.15) is 34.2 Å². The molecule has 1 N–H and O–H groups in total. The summed E-state index contributed by atoms with van der Waals surface area (Å²) >= 11 is 9.45. The molecule has 0 bridgehead atoms. The lowest BCUT2D eigenvalue weighted by Crippen LogP contribution is -2.12. The molecule has 0 spiro atoms. The van der Waals surface area contributed by atoms with E-state index >= 15 is 0 Å². The second-order valence-corrected chi connectivity index (χ2v) is 8.42. The number of nitrogens with zero attached hydrogens (tertiary/aromatic N) is 4. The molecule has 2 atom stereocenters. The summed E-state index contributed by atoms with van der Waals surface area (Å²) in [5.41, 5.74) is 3.15. The number of pyridine rings is 1. The van der Waals surface area contributed by atoms with Crippen LogP contribution in [0.15, 0.2) is 45.7 Å². The number of benzene rings is 1. The topological polar surface area (TPSA) is 85.3 Å². The molecule has 3 heterocycles. The Hall–Kier alpha value is -2.78. The number of alkyl halides is 1. The third-order valence-electron chi connectivity index (χ3n) is 5.02. The first kappa shape index (κ1) is 19.2. The van der Waals surface area contributed by atoms with Gasteiger partial charge in [-0.1, -0.05) is 28.9 Å². The van der Waals surface area contributed by atoms with Gasteiger partial charge in [0.25, 0.3) is 5.91 Å². The molecule has 5 rings (SSSR count). The maximum Gasteiger partial charge on any atom is 0.259 e. The number of anilines is 1. The molecule has 1 aromatic carbocycles. The molecule has 0 aliphatic heterocycles. The van der Waals surface area contributed by atoms with Crippen molar-refractivity contribution < 1.29 is 13.7 Å². The van der Waals surface area contributed by atoms with Crippen LogP contribution >= 0.6 is 27.5 Å². The summed E-state index contributed by atoms with van der Waals surface area (Å²) in [6, 6.07) is 7.18. The van der Waals surface area contributed by atoms with E-state index < -0.39 is 6.17 Å². The molecular formula is C20H14BrClFN5O2. The Bertz CT molecular complexity index is 1300. The number of nitrogens with one attached hydrogen (secondary N) is 1. The quantitative estimate of drug-likeness (QED) is 0.426. The van der Waals surface area contributed by atoms with E-state index in [4.69, 9.17) is 16.1 Å². The molecule has 1 aliphatic carbocycles. The molecule has 1 amide bonds. The van der Waals surface area contributed by atoms with Gasteiger partial charge in [0.2, 0.25) is 11.7 Å². The van der Waals surface area contributed by atoms with Crippen LogP contribution < -0.4 is 5.32 Å². The number of carbonyl (C=O) groups is 1. The average Bonchev–Trinajstić information content (AvgIpc) is 3.10. The number of halogens is 3. The Balaban J connectivity index is 1.43. The first-order valence-electron chi connectivity index (χ1n) is 9.13. The molecule has 0 unspecified atom stereocenters. The third kappa shape index (κ3) is 3.37. The summed E-state index contributed by atoms with van der Waals surface area (Å²) < 4.78 is 20.6. The van der Waals surface area contributed by atoms with Crippen molar-refractivity contribution >= 4 is 44.6 Å². The van der Waals surface area contributed by atoms with Gasteiger partial charge >= 0.3 is 0 Å². The summed E-state index contributed by atoms with van der Waals surface area (Å²) in [5.74, 6) is 0.0410. The summed E-state index contributed by atoms with van der Waals surface area (Å²) in [7, 11) is 0. The average molecular weight is 491 g/mol. The molecule has 4 aromatic rings. The van der Waals surface area contributed by atoms with Crippen LogP contribution in [0, 0.1) is 6.92 Å². The van der Waals surface area contributed by atoms with E-state index in [9.17, 15) is 9.18 Å². The number of hydrogen-bond acceptors (Lipinski definition) is 5. The predicted octanol–water partition coefficient (Wildman–Crippen LogP) is 5.19. The minimum atomic E-state index is -0.910. The van der Waals surface area contributed by atoms with Gasteiger partial charge in [-0.15, -0.1) is 0 Å². The van der Waals surface area contributed by atoms with Crippen LogP contribution in [0.2, 0.25) is 5.02 Å². The largest absolute Gasteiger partial charge is 0.339 e. The highest BCUT2D eigenvalue weighted by atomic mass is 79.9. The molecule has 152 valence electrons. The molecule has 1 fully saturated rings. The smallest absolute Gasteiger partial charge is 0.259 e. The number of carbonyl (C=O) groups excluding carboxylic acids is 1. The molecule has 10 heteroatoms. The van der Waals surface area contributed by atoms with Gasteiger partial charge < -0.3 is 9.84 Å². The van der Waals surface area contributed by atoms with Crippen molar-refractivity contribution in [2.24, 2.45) is 0 Å². The maximum atomic E-state index is 13.2. The fraction of sp³-hybridized carbons (Fsp3) is 0.200. The first-order valence-corrected chi connectivity index (χ1v) is 10.3. The number of aryl methyl sites for hydroxylation is 1. The van der Waals surface area contributed by atoms with Crippen molar-refractivity contribution in [2.75, 3.05) is 5.32 Å². The lowest BCUT2D eigenvalue weighted by molar-refractivity contribution is 0.102. The van der Waals surface area contributed by atoms with Crippen molar-refractivity contribution in [3.05, 3.63) is 63.2 Å². The molecule has 0 saturated heterocycles. The van der Waals surface area contributed by atoms with Crippen molar-refractivity contribution in [3.63, 3.8) is 0 Å². The number of rotatable bonds is 4. The maximum absolute atomic E-state index is 13.2. The molecule has 3 aromatic heterocycles. The molecule has 30 heavy (non-hydrogen) atoms. The number of hydrogen-bond donors (Lipinski definition) is 1. The van der Waals surface area contributed by atoms with E-state index in [1.807, 2.05) is 19.1 Å². The second kappa shape index (κ2) is 7.17. The molecule has 0 radical (unpaired) electrons. The van der Waals surface area contributed by atoms with Crippen LogP contribution in [0.3, 0.4) is 0 Å². The second-order valence-electron chi connectivity index (χ2n) is 7.16. The van der Waals surface area contributed by atoms with E-state index in [1.165, 1.54) is 6.20 Å². The Morgan fingerprint density at radius 2 is 2.20 bits per heavy atom. The summed E-state index contributed by atoms with van der Waals surface area (Å²) in [6.45, 7) is 1.88. The minimum absolute atomic E-state index is 0.305. The fourth-order valence-corrected chi connectivity index (χ4v) is 3.63. The summed E-state index contributed by atoms with van der Waals surface area (Å²) in [4.78, 5) is 17.2. The van der Waals surface area contributed by atoms with Crippen LogP contribution in [0.4, 0.5) is 10.1 Å². The first-order chi connectivity index (χ1) is 14.4. The summed E-state index contributed by atoms with van der Waals surface area (Å²) in [6.07, 6.45) is 2.62. The van der Waals surface area contributed by atoms with Gasteiger partial charge in [0.05, 0.1) is 28.2 Å². The van der Waals surface area contributed by atoms with E-state index in [0.29, 0.717) is 50.0 Å². The van der Waals surface area contributed by atoms with Crippen molar-refractivity contribution in [1.29, 1.82) is 0 Å². The van der Waals surface area contributed by atoms with E-state index in [2.05, 4.69) is 36.5 Å². The number of fused-ring (bicyclic) bond motifs is 1. The van der Waals surface area contributed by atoms with Gasteiger partial charge in [0.15, 0.2) is 0 Å². The molecule has 7 nitrogen and oxygen atoms in total. The Morgan fingerprint density at radius 1 is 1.40 bits per heavy atom. The van der Waals surface area contributed by atoms with Crippen LogP contribution in [0.25, 0.3) is 16.9 Å². The van der Waals surface area contributed by atoms with E-state index in [1.54, 1.807) is 22.8 Å². The molecule has 1 saturated carbocycles. The minimum Gasteiger partial charge on any atom is -0.339 e. The lowest BCUT2D eigenvalue weighted by atomic mass is 10.1. The van der Waals surface area contributed by atoms with Gasteiger partial charge in [-0.25, -0.2) is 8.91 Å². The zero-order valence-electron chi connectivity index (χ0n) is 15.6. The highest BCUT2D eigenvalue weighted by Crippen LogP contribution is 2.43. The Labute approximate surface area is 183 Å². The van der Waals surface area contributed by atoms with Crippen LogP contribution in [0.5, 0.6) is 0 Å². The lowest BCUT2D eigenvalue weighted by Gasteiger charge is -2.09. The standard InChI is InChI=1S/C20H14BrClFN5O2/c1-9-2-3-10(18-26-20(30-27-18)11-5-15(11)23)4-16(9)25-19(29)12-7-24-28-8-14(22)13(21)6-17(12)28/h2-4,6-8,11,15H,5H2,1H3,(H,25,29)/t11-,15-/m0/s1. The molecule has 1 aliphatic rings. The Morgan fingerprint density at radius 3 is 2.97 bits per heavy atom. The third-order valence-corrected chi connectivity index (χ3v) is 6.21. The number of amides is 1. The normalized spacial score (nSPS) is 18.0. The van der Waals surface area contributed by atoms with Gasteiger partial charge in [0, 0.05) is 21.9 Å². The summed E-state index contributed by atoms with van der Waals surface area (Å²) in [5, 5.41) is 11.5. The predicted molar refractivity (Wildman–Crippen MR) is 113 cm³/mol. The number of aromatic nitrogens is 4. The van der Waals surface area contributed by atoms with Gasteiger partial charge in [-0.3, -0.25) is 4.79 Å². The molecular weight excluding hydrogens is 477 g/mol. The zero-order chi connectivity index (χ0) is 21.0. The van der Waals surface area contributed by atoms with Gasteiger partial charge in [-0.05, 0) is 47.0 Å².